The van der Waals surface area contributed by atoms with Gasteiger partial charge in [0.25, 0.3) is 0 Å². The molecule has 0 saturated carbocycles. The van der Waals surface area contributed by atoms with Crippen molar-refractivity contribution in [2.75, 3.05) is 0 Å². The molecule has 0 radical (unpaired) electrons. The van der Waals surface area contributed by atoms with Crippen molar-refractivity contribution in [3.8, 4) is 0 Å². The lowest BCUT2D eigenvalue weighted by molar-refractivity contribution is 0.167. The van der Waals surface area contributed by atoms with Gasteiger partial charge in [0.1, 0.15) is 11.9 Å². The molecule has 0 aliphatic carbocycles. The van der Waals surface area contributed by atoms with Gasteiger partial charge in [-0.25, -0.2) is 9.07 Å². The van der Waals surface area contributed by atoms with Crippen molar-refractivity contribution in [1.82, 2.24) is 15.0 Å². The molecule has 1 N–H and O–H groups in total. The fourth-order valence-corrected chi connectivity index (χ4v) is 1.86. The zero-order valence-corrected chi connectivity index (χ0v) is 9.89. The molecule has 2 rings (SSSR count). The number of aliphatic hydroxyl groups excluding tert-OH is 1. The molecule has 0 spiro atoms. The smallest absolute Gasteiger partial charge is 0.127 e. The molecule has 4 nitrogen and oxygen atoms in total. The van der Waals surface area contributed by atoms with Crippen molar-refractivity contribution in [3.05, 3.63) is 46.5 Å². The Balaban J connectivity index is 2.25. The first-order valence-electron chi connectivity index (χ1n) is 5.05. The van der Waals surface area contributed by atoms with Crippen molar-refractivity contribution >= 4 is 11.6 Å². The highest BCUT2D eigenvalue weighted by atomic mass is 35.5. The molecule has 1 atom stereocenters. The molecule has 0 saturated heterocycles. The topological polar surface area (TPSA) is 50.9 Å². The molecule has 1 unspecified atom stereocenters. The number of hydrogen-bond donors (Lipinski definition) is 1. The minimum absolute atomic E-state index is 0.0900. The van der Waals surface area contributed by atoms with Crippen LogP contribution in [0.3, 0.4) is 0 Å². The van der Waals surface area contributed by atoms with Crippen LogP contribution in [0.25, 0.3) is 0 Å². The lowest BCUT2D eigenvalue weighted by Gasteiger charge is -2.12. The van der Waals surface area contributed by atoms with Gasteiger partial charge < -0.3 is 5.11 Å². The molecule has 1 heterocycles. The molecule has 6 heteroatoms. The Morgan fingerprint density at radius 2 is 2.29 bits per heavy atom. The first-order chi connectivity index (χ1) is 8.09. The predicted octanol–water partition coefficient (Wildman–Crippen LogP) is 1.88. The van der Waals surface area contributed by atoms with Crippen molar-refractivity contribution in [2.45, 2.75) is 12.5 Å². The van der Waals surface area contributed by atoms with E-state index in [1.807, 2.05) is 0 Å². The number of halogens is 2. The average Bonchev–Trinajstić information content (AvgIpc) is 2.70. The number of aliphatic hydroxyl groups is 1. The quantitative estimate of drug-likeness (QED) is 0.911. The van der Waals surface area contributed by atoms with E-state index in [4.69, 9.17) is 11.6 Å². The molecule has 90 valence electrons. The van der Waals surface area contributed by atoms with E-state index in [1.54, 1.807) is 13.1 Å². The van der Waals surface area contributed by atoms with Crippen molar-refractivity contribution < 1.29 is 9.50 Å². The highest BCUT2D eigenvalue weighted by Crippen LogP contribution is 2.25. The van der Waals surface area contributed by atoms with Gasteiger partial charge in [-0.1, -0.05) is 22.9 Å². The number of nitrogens with zero attached hydrogens (tertiary/aromatic N) is 3. The molecule has 2 aromatic rings. The van der Waals surface area contributed by atoms with E-state index in [-0.39, 0.29) is 6.42 Å². The predicted molar refractivity (Wildman–Crippen MR) is 61.1 cm³/mol. The van der Waals surface area contributed by atoms with Gasteiger partial charge in [0, 0.05) is 24.1 Å². The van der Waals surface area contributed by atoms with Crippen molar-refractivity contribution in [1.29, 1.82) is 0 Å². The zero-order valence-electron chi connectivity index (χ0n) is 9.14. The van der Waals surface area contributed by atoms with E-state index < -0.39 is 11.9 Å². The second kappa shape index (κ2) is 4.81. The normalized spacial score (nSPS) is 12.7. The Kier molecular flexibility index (Phi) is 3.40. The third-order valence-electron chi connectivity index (χ3n) is 2.55. The number of benzene rings is 1. The third kappa shape index (κ3) is 2.45. The molecule has 17 heavy (non-hydrogen) atoms. The van der Waals surface area contributed by atoms with E-state index >= 15 is 0 Å². The summed E-state index contributed by atoms with van der Waals surface area (Å²) >= 11 is 5.89. The minimum atomic E-state index is -0.885. The largest absolute Gasteiger partial charge is 0.386 e. The standard InChI is InChI=1S/C11H11ClFN3O/c1-16-10(6-14-15-16)11(17)5-7-8(12)3-2-4-9(7)13/h2-4,6,11,17H,5H2,1H3. The molecule has 0 aliphatic heterocycles. The van der Waals surface area contributed by atoms with Crippen LogP contribution < -0.4 is 0 Å². The van der Waals surface area contributed by atoms with E-state index in [0.29, 0.717) is 16.3 Å². The van der Waals surface area contributed by atoms with Crippen LogP contribution >= 0.6 is 11.6 Å². The van der Waals surface area contributed by atoms with Crippen molar-refractivity contribution in [3.63, 3.8) is 0 Å². The second-order valence-electron chi connectivity index (χ2n) is 3.70. The average molecular weight is 256 g/mol. The summed E-state index contributed by atoms with van der Waals surface area (Å²) in [6, 6.07) is 4.43. The van der Waals surface area contributed by atoms with Crippen LogP contribution in [0, 0.1) is 5.82 Å². The lowest BCUT2D eigenvalue weighted by atomic mass is 10.1. The SMILES string of the molecule is Cn1nncc1C(O)Cc1c(F)cccc1Cl. The van der Waals surface area contributed by atoms with Gasteiger partial charge in [-0.15, -0.1) is 5.10 Å². The second-order valence-corrected chi connectivity index (χ2v) is 4.11. The van der Waals surface area contributed by atoms with Crippen LogP contribution in [0.4, 0.5) is 4.39 Å². The number of aromatic nitrogens is 3. The number of rotatable bonds is 3. The molecule has 1 aromatic heterocycles. The number of hydrogen-bond acceptors (Lipinski definition) is 3. The Hall–Kier alpha value is -1.46. The maximum atomic E-state index is 13.5. The summed E-state index contributed by atoms with van der Waals surface area (Å²) in [5.74, 6) is -0.424. The molecule has 0 aliphatic rings. The van der Waals surface area contributed by atoms with Gasteiger partial charge in [0.05, 0.1) is 11.9 Å². The molecule has 1 aromatic carbocycles. The van der Waals surface area contributed by atoms with Crippen LogP contribution in [0.15, 0.2) is 24.4 Å². The molecular weight excluding hydrogens is 245 g/mol. The van der Waals surface area contributed by atoms with E-state index in [2.05, 4.69) is 10.3 Å². The van der Waals surface area contributed by atoms with Crippen LogP contribution in [0.5, 0.6) is 0 Å². The lowest BCUT2D eigenvalue weighted by Crippen LogP contribution is -2.09. The van der Waals surface area contributed by atoms with Gasteiger partial charge >= 0.3 is 0 Å². The first-order valence-corrected chi connectivity index (χ1v) is 5.43. The summed E-state index contributed by atoms with van der Waals surface area (Å²) in [7, 11) is 1.66. The molecule has 0 fully saturated rings. The van der Waals surface area contributed by atoms with E-state index in [0.717, 1.165) is 0 Å². The van der Waals surface area contributed by atoms with Gasteiger partial charge in [0.2, 0.25) is 0 Å². The summed E-state index contributed by atoms with van der Waals surface area (Å²) in [4.78, 5) is 0. The molecule has 0 amide bonds. The number of aryl methyl sites for hydroxylation is 1. The van der Waals surface area contributed by atoms with Gasteiger partial charge in [0.15, 0.2) is 0 Å². The van der Waals surface area contributed by atoms with Gasteiger partial charge in [-0.2, -0.15) is 0 Å². The van der Waals surface area contributed by atoms with Crippen molar-refractivity contribution in [2.24, 2.45) is 7.05 Å². The highest BCUT2D eigenvalue weighted by Gasteiger charge is 2.17. The van der Waals surface area contributed by atoms with Gasteiger partial charge in [-0.05, 0) is 12.1 Å². The van der Waals surface area contributed by atoms with E-state index in [1.165, 1.54) is 23.0 Å². The minimum Gasteiger partial charge on any atom is -0.386 e. The summed E-state index contributed by atoms with van der Waals surface area (Å²) in [6.07, 6.45) is 0.649. The van der Waals surface area contributed by atoms with Crippen LogP contribution in [0.1, 0.15) is 17.4 Å². The first kappa shape index (κ1) is 12.0. The summed E-state index contributed by atoms with van der Waals surface area (Å²) in [6.45, 7) is 0. The Bertz CT molecular complexity index is 509. The monoisotopic (exact) mass is 255 g/mol. The molecular formula is C11H11ClFN3O. The highest BCUT2D eigenvalue weighted by molar-refractivity contribution is 6.31. The van der Waals surface area contributed by atoms with Crippen LogP contribution in [-0.4, -0.2) is 20.1 Å². The third-order valence-corrected chi connectivity index (χ3v) is 2.90. The Labute approximate surface area is 103 Å². The fraction of sp³-hybridized carbons (Fsp3) is 0.273. The fourth-order valence-electron chi connectivity index (χ4n) is 1.62. The van der Waals surface area contributed by atoms with Gasteiger partial charge in [-0.3, -0.25) is 0 Å². The maximum Gasteiger partial charge on any atom is 0.127 e. The summed E-state index contributed by atoms with van der Waals surface area (Å²) in [5.41, 5.74) is 0.812. The summed E-state index contributed by atoms with van der Waals surface area (Å²) < 4.78 is 15.0. The maximum absolute atomic E-state index is 13.5. The Morgan fingerprint density at radius 3 is 2.88 bits per heavy atom. The zero-order chi connectivity index (χ0) is 12.4. The molecule has 0 bridgehead atoms. The van der Waals surface area contributed by atoms with E-state index in [9.17, 15) is 9.50 Å². The Morgan fingerprint density at radius 1 is 1.53 bits per heavy atom. The van der Waals surface area contributed by atoms with Crippen LogP contribution in [-0.2, 0) is 13.5 Å². The summed E-state index contributed by atoms with van der Waals surface area (Å²) in [5, 5.41) is 17.6. The van der Waals surface area contributed by atoms with Crippen LogP contribution in [0.2, 0.25) is 5.02 Å².